The number of rotatable bonds is 11. The van der Waals surface area contributed by atoms with E-state index >= 15 is 0 Å². The molecule has 0 spiro atoms. The van der Waals surface area contributed by atoms with Crippen LogP contribution in [-0.2, 0) is 47.6 Å². The maximum absolute atomic E-state index is 14.5. The highest BCUT2D eigenvalue weighted by Gasteiger charge is 2.48. The summed E-state index contributed by atoms with van der Waals surface area (Å²) in [5.74, 6) is -19.2. The molecule has 0 saturated carbocycles. The van der Waals surface area contributed by atoms with Gasteiger partial charge in [0.15, 0.2) is 30.6 Å². The van der Waals surface area contributed by atoms with Crippen molar-refractivity contribution in [3.8, 4) is 16.9 Å². The van der Waals surface area contributed by atoms with Gasteiger partial charge in [0.25, 0.3) is 0 Å². The van der Waals surface area contributed by atoms with E-state index in [4.69, 9.17) is 28.4 Å². The lowest BCUT2D eigenvalue weighted by atomic mass is 9.98. The summed E-state index contributed by atoms with van der Waals surface area (Å²) in [4.78, 5) is 62.0. The van der Waals surface area contributed by atoms with E-state index in [1.165, 1.54) is 0 Å². The number of fused-ring (bicyclic) bond motifs is 3. The Morgan fingerprint density at radius 2 is 1.25 bits per heavy atom. The molecule has 282 valence electrons. The van der Waals surface area contributed by atoms with Crippen molar-refractivity contribution >= 4 is 30.0 Å². The van der Waals surface area contributed by atoms with Gasteiger partial charge in [0.05, 0.1) is 13.2 Å². The van der Waals surface area contributed by atoms with E-state index in [-0.39, 0.29) is 6.61 Å². The summed E-state index contributed by atoms with van der Waals surface area (Å²) >= 11 is 0. The van der Waals surface area contributed by atoms with Gasteiger partial charge in [-0.3, -0.25) is 14.4 Å². The van der Waals surface area contributed by atoms with E-state index < -0.39 is 115 Å². The molecule has 1 fully saturated rings. The number of hydrogen-bond acceptors (Lipinski definition) is 12. The van der Waals surface area contributed by atoms with Crippen molar-refractivity contribution in [2.75, 3.05) is 19.8 Å². The smallest absolute Gasteiger partial charge is 0.407 e. The van der Waals surface area contributed by atoms with Crippen LogP contribution in [0.3, 0.4) is 0 Å². The average molecular weight is 752 g/mol. The third-order valence-electron chi connectivity index (χ3n) is 8.02. The van der Waals surface area contributed by atoms with Gasteiger partial charge < -0.3 is 38.5 Å². The molecule has 0 aromatic heterocycles. The van der Waals surface area contributed by atoms with E-state index in [9.17, 15) is 45.9 Å². The first-order valence-electron chi connectivity index (χ1n) is 15.8. The summed E-state index contributed by atoms with van der Waals surface area (Å²) in [5, 5.41) is 2.08. The minimum absolute atomic E-state index is 0.276. The average Bonchev–Trinajstić information content (AvgIpc) is 3.44. The van der Waals surface area contributed by atoms with Crippen LogP contribution >= 0.6 is 0 Å². The van der Waals surface area contributed by atoms with Gasteiger partial charge in [0.2, 0.25) is 34.8 Å². The first kappa shape index (κ1) is 38.6. The Labute approximate surface area is 297 Å². The molecule has 0 radical (unpaired) electrons. The molecule has 1 heterocycles. The second kappa shape index (κ2) is 16.4. The third-order valence-corrected chi connectivity index (χ3v) is 8.02. The first-order chi connectivity index (χ1) is 25.2. The first-order valence-corrected chi connectivity index (χ1v) is 15.8. The Hall–Kier alpha value is -5.62. The van der Waals surface area contributed by atoms with Crippen molar-refractivity contribution in [1.82, 2.24) is 5.32 Å². The molecule has 3 aromatic carbocycles. The van der Waals surface area contributed by atoms with Crippen molar-refractivity contribution in [3.05, 3.63) is 88.7 Å². The SMILES string of the molecule is CC(=O)O[C@H]1[C@H](OCC(NC(=O)OCC2c3ccccc3-c3ccccc32)C(=O)Oc2c(F)c(F)c(F)c(F)c2F)OC[C@@H](OC(C)=O)[C@H]1OC(C)=O. The molecule has 18 heteroatoms. The van der Waals surface area contributed by atoms with Crippen molar-refractivity contribution < 1.29 is 79.1 Å². The minimum atomic E-state index is -2.52. The highest BCUT2D eigenvalue weighted by Crippen LogP contribution is 2.44. The zero-order valence-electron chi connectivity index (χ0n) is 28.0. The highest BCUT2D eigenvalue weighted by molar-refractivity contribution is 5.83. The Bertz CT molecular complexity index is 1850. The van der Waals surface area contributed by atoms with Gasteiger partial charge in [-0.15, -0.1) is 0 Å². The van der Waals surface area contributed by atoms with E-state index in [0.29, 0.717) is 0 Å². The van der Waals surface area contributed by atoms with Gasteiger partial charge in [-0.2, -0.15) is 8.78 Å². The minimum Gasteiger partial charge on any atom is -0.456 e. The summed E-state index contributed by atoms with van der Waals surface area (Å²) in [6.45, 7) is 1.18. The standard InChI is InChI=1S/C35H30F5NO12/c1-15(42)50-24-14-48-34(32(52-17(3)44)30(24)51-16(2)43)47-13-23(33(45)53-31-28(39)26(37)25(36)27(38)29(31)40)41-35(46)49-12-22-20-10-6-4-8-18(20)19-9-5-7-11-21(19)22/h4-11,22-24,30,32,34H,12-14H2,1-3H3,(H,41,46)/t23?,24-,30-,32-,34-/m1/s1. The van der Waals surface area contributed by atoms with Crippen LogP contribution in [0.5, 0.6) is 5.75 Å². The number of esters is 4. The van der Waals surface area contributed by atoms with Crippen molar-refractivity contribution in [1.29, 1.82) is 0 Å². The molecule has 3 aromatic rings. The molecule has 53 heavy (non-hydrogen) atoms. The van der Waals surface area contributed by atoms with Crippen LogP contribution in [0.15, 0.2) is 48.5 Å². The van der Waals surface area contributed by atoms with Crippen LogP contribution in [0, 0.1) is 29.1 Å². The molecule has 1 aliphatic carbocycles. The van der Waals surface area contributed by atoms with Crippen LogP contribution in [0.4, 0.5) is 26.7 Å². The lowest BCUT2D eigenvalue weighted by Gasteiger charge is -2.40. The molecule has 1 unspecified atom stereocenters. The highest BCUT2D eigenvalue weighted by atomic mass is 19.2. The lowest BCUT2D eigenvalue weighted by Crippen LogP contribution is -2.59. The molecule has 5 atom stereocenters. The Morgan fingerprint density at radius 1 is 0.736 bits per heavy atom. The monoisotopic (exact) mass is 751 g/mol. The number of carbonyl (C=O) groups excluding carboxylic acids is 5. The second-order valence-corrected chi connectivity index (χ2v) is 11.7. The molecule has 1 N–H and O–H groups in total. The molecular weight excluding hydrogens is 721 g/mol. The molecule has 1 aliphatic heterocycles. The summed E-state index contributed by atoms with van der Waals surface area (Å²) < 4.78 is 107. The summed E-state index contributed by atoms with van der Waals surface area (Å²) in [7, 11) is 0. The van der Waals surface area contributed by atoms with Crippen LogP contribution in [-0.4, -0.2) is 80.4 Å². The maximum Gasteiger partial charge on any atom is 0.407 e. The van der Waals surface area contributed by atoms with E-state index in [2.05, 4.69) is 10.1 Å². The lowest BCUT2D eigenvalue weighted by molar-refractivity contribution is -0.281. The van der Waals surface area contributed by atoms with E-state index in [1.54, 1.807) is 12.1 Å². The van der Waals surface area contributed by atoms with Crippen LogP contribution in [0.25, 0.3) is 11.1 Å². The third kappa shape index (κ3) is 8.55. The van der Waals surface area contributed by atoms with Crippen molar-refractivity contribution in [3.63, 3.8) is 0 Å². The number of amides is 1. The Kier molecular flexibility index (Phi) is 11.9. The number of carbonyl (C=O) groups is 5. The van der Waals surface area contributed by atoms with Crippen molar-refractivity contribution in [2.45, 2.75) is 57.3 Å². The summed E-state index contributed by atoms with van der Waals surface area (Å²) in [6, 6.07) is 12.5. The number of benzene rings is 3. The number of alkyl carbamates (subject to hydrolysis) is 1. The van der Waals surface area contributed by atoms with Gasteiger partial charge in [-0.1, -0.05) is 48.5 Å². The molecule has 0 bridgehead atoms. The normalized spacial score (nSPS) is 19.6. The van der Waals surface area contributed by atoms with Crippen LogP contribution in [0.2, 0.25) is 0 Å². The molecule has 5 rings (SSSR count). The molecular formula is C35H30F5NO12. The maximum atomic E-state index is 14.5. The fourth-order valence-corrected chi connectivity index (χ4v) is 5.84. The number of halogens is 5. The number of ether oxygens (including phenoxy) is 7. The summed E-state index contributed by atoms with van der Waals surface area (Å²) in [6.07, 6.45) is -7.54. The van der Waals surface area contributed by atoms with E-state index in [1.807, 2.05) is 36.4 Å². The number of hydrogen-bond donors (Lipinski definition) is 1. The largest absolute Gasteiger partial charge is 0.456 e. The van der Waals surface area contributed by atoms with Crippen LogP contribution in [0.1, 0.15) is 37.8 Å². The Morgan fingerprint density at radius 3 is 1.79 bits per heavy atom. The van der Waals surface area contributed by atoms with Gasteiger partial charge in [-0.05, 0) is 22.3 Å². The van der Waals surface area contributed by atoms with Gasteiger partial charge in [0, 0.05) is 26.7 Å². The summed E-state index contributed by atoms with van der Waals surface area (Å²) in [5.41, 5.74) is 3.44. The fraction of sp³-hybridized carbons (Fsp3) is 0.343. The molecule has 1 amide bonds. The van der Waals surface area contributed by atoms with Crippen molar-refractivity contribution in [2.24, 2.45) is 0 Å². The van der Waals surface area contributed by atoms with Crippen LogP contribution < -0.4 is 10.1 Å². The molecule has 1 saturated heterocycles. The zero-order valence-corrected chi connectivity index (χ0v) is 28.0. The topological polar surface area (TPSA) is 162 Å². The van der Waals surface area contributed by atoms with Gasteiger partial charge >= 0.3 is 30.0 Å². The van der Waals surface area contributed by atoms with Gasteiger partial charge in [-0.25, -0.2) is 22.8 Å². The van der Waals surface area contributed by atoms with E-state index in [0.717, 1.165) is 43.0 Å². The quantitative estimate of drug-likeness (QED) is 0.0737. The predicted molar refractivity (Wildman–Crippen MR) is 166 cm³/mol. The van der Waals surface area contributed by atoms with Gasteiger partial charge in [0.1, 0.15) is 6.61 Å². The molecule has 2 aliphatic rings. The Balaban J connectivity index is 1.38. The molecule has 13 nitrogen and oxygen atoms in total. The predicted octanol–water partition coefficient (Wildman–Crippen LogP) is 4.36. The second-order valence-electron chi connectivity index (χ2n) is 11.7. The zero-order chi connectivity index (χ0) is 38.6. The number of nitrogens with one attached hydrogen (secondary N) is 1. The fourth-order valence-electron chi connectivity index (χ4n) is 5.84.